The van der Waals surface area contributed by atoms with Crippen molar-refractivity contribution in [3.8, 4) is 6.07 Å². The van der Waals surface area contributed by atoms with E-state index in [-0.39, 0.29) is 4.90 Å². The first-order valence-corrected chi connectivity index (χ1v) is 7.43. The van der Waals surface area contributed by atoms with Gasteiger partial charge in [0.05, 0.1) is 4.90 Å². The van der Waals surface area contributed by atoms with E-state index in [0.29, 0.717) is 0 Å². The van der Waals surface area contributed by atoms with Crippen molar-refractivity contribution >= 4 is 16.0 Å². The van der Waals surface area contributed by atoms with Crippen molar-refractivity contribution in [1.82, 2.24) is 4.72 Å². The van der Waals surface area contributed by atoms with E-state index in [1.807, 2.05) is 6.92 Å². The highest BCUT2D eigenvalue weighted by Gasteiger charge is 2.24. The predicted molar refractivity (Wildman–Crippen MR) is 72.1 cm³/mol. The highest BCUT2D eigenvalue weighted by atomic mass is 32.2. The molecule has 0 aromatic heterocycles. The molecule has 0 fully saturated rings. The van der Waals surface area contributed by atoms with Crippen LogP contribution in [0.1, 0.15) is 19.4 Å². The number of nitriles is 1. The third kappa shape index (κ3) is 4.33. The molecule has 1 aromatic rings. The monoisotopic (exact) mass is 296 g/mol. The van der Waals surface area contributed by atoms with E-state index in [9.17, 15) is 13.2 Å². The van der Waals surface area contributed by atoms with Crippen LogP contribution in [-0.4, -0.2) is 26.5 Å². The first-order chi connectivity index (χ1) is 9.26. The number of rotatable bonds is 5. The van der Waals surface area contributed by atoms with Crippen molar-refractivity contribution in [2.24, 2.45) is 0 Å². The number of carbonyl (C=O) groups excluding carboxylic acids is 1. The molecule has 6 nitrogen and oxygen atoms in total. The molecule has 0 aliphatic carbocycles. The summed E-state index contributed by atoms with van der Waals surface area (Å²) in [5, 5.41) is 8.54. The number of aryl methyl sites for hydroxylation is 1. The van der Waals surface area contributed by atoms with Crippen LogP contribution in [0, 0.1) is 18.3 Å². The molecule has 0 amide bonds. The molecule has 0 spiro atoms. The average Bonchev–Trinajstić information content (AvgIpc) is 2.38. The standard InChI is InChI=1S/C13H16N2O4S/c1-9-4-6-12(7-5-9)20(17,18)15-11(3)13(16)19-10(2)8-14/h4-7,10-11,15H,1-3H3/t10-,11-/m0/s1. The van der Waals surface area contributed by atoms with E-state index < -0.39 is 28.1 Å². The SMILES string of the molecule is Cc1ccc(S(=O)(=O)N[C@@H](C)C(=O)O[C@@H](C)C#N)cc1. The largest absolute Gasteiger partial charge is 0.446 e. The molecule has 1 N–H and O–H groups in total. The lowest BCUT2D eigenvalue weighted by Gasteiger charge is -2.14. The maximum atomic E-state index is 12.0. The van der Waals surface area contributed by atoms with Gasteiger partial charge in [0, 0.05) is 0 Å². The zero-order valence-electron chi connectivity index (χ0n) is 11.5. The minimum atomic E-state index is -3.80. The van der Waals surface area contributed by atoms with Gasteiger partial charge in [-0.2, -0.15) is 9.98 Å². The van der Waals surface area contributed by atoms with Gasteiger partial charge in [-0.3, -0.25) is 4.79 Å². The van der Waals surface area contributed by atoms with Crippen LogP contribution >= 0.6 is 0 Å². The molecule has 0 radical (unpaired) electrons. The molecule has 0 unspecified atom stereocenters. The summed E-state index contributed by atoms with van der Waals surface area (Å²) in [5.41, 5.74) is 0.930. The van der Waals surface area contributed by atoms with Gasteiger partial charge in [0.1, 0.15) is 12.1 Å². The van der Waals surface area contributed by atoms with Gasteiger partial charge >= 0.3 is 5.97 Å². The molecule has 0 saturated carbocycles. The van der Waals surface area contributed by atoms with Gasteiger partial charge in [-0.05, 0) is 32.9 Å². The van der Waals surface area contributed by atoms with E-state index in [0.717, 1.165) is 5.56 Å². The zero-order valence-corrected chi connectivity index (χ0v) is 12.3. The smallest absolute Gasteiger partial charge is 0.325 e. The summed E-state index contributed by atoms with van der Waals surface area (Å²) in [6, 6.07) is 6.89. The molecule has 7 heteroatoms. The van der Waals surface area contributed by atoms with Crippen LogP contribution in [0.3, 0.4) is 0 Å². The molecule has 2 atom stereocenters. The van der Waals surface area contributed by atoms with Crippen LogP contribution in [0.25, 0.3) is 0 Å². The van der Waals surface area contributed by atoms with Gasteiger partial charge in [0.15, 0.2) is 6.10 Å². The number of sulfonamides is 1. The molecule has 0 bridgehead atoms. The second-order valence-corrected chi connectivity index (χ2v) is 6.08. The van der Waals surface area contributed by atoms with E-state index in [2.05, 4.69) is 4.72 Å². The normalized spacial score (nSPS) is 14.1. The number of esters is 1. The predicted octanol–water partition coefficient (Wildman–Crippen LogP) is 1.12. The Balaban J connectivity index is 2.79. The van der Waals surface area contributed by atoms with Crippen LogP contribution in [0.2, 0.25) is 0 Å². The fraction of sp³-hybridized carbons (Fsp3) is 0.385. The summed E-state index contributed by atoms with van der Waals surface area (Å²) < 4.78 is 31.0. The first-order valence-electron chi connectivity index (χ1n) is 5.95. The lowest BCUT2D eigenvalue weighted by atomic mass is 10.2. The Morgan fingerprint density at radius 1 is 1.30 bits per heavy atom. The molecular formula is C13H16N2O4S. The molecule has 108 valence electrons. The molecule has 20 heavy (non-hydrogen) atoms. The second-order valence-electron chi connectivity index (χ2n) is 4.36. The van der Waals surface area contributed by atoms with E-state index >= 15 is 0 Å². The van der Waals surface area contributed by atoms with Gasteiger partial charge in [0.25, 0.3) is 0 Å². The van der Waals surface area contributed by atoms with Crippen LogP contribution in [0.5, 0.6) is 0 Å². The molecule has 1 aromatic carbocycles. The fourth-order valence-corrected chi connectivity index (χ4v) is 2.56. The Bertz CT molecular complexity index is 617. The third-order valence-electron chi connectivity index (χ3n) is 2.49. The maximum Gasteiger partial charge on any atom is 0.325 e. The molecule has 0 aliphatic rings. The minimum Gasteiger partial charge on any atom is -0.446 e. The van der Waals surface area contributed by atoms with Gasteiger partial charge in [0.2, 0.25) is 10.0 Å². The Morgan fingerprint density at radius 2 is 1.85 bits per heavy atom. The summed E-state index contributed by atoms with van der Waals surface area (Å²) in [5.74, 6) is -0.797. The Morgan fingerprint density at radius 3 is 2.35 bits per heavy atom. The van der Waals surface area contributed by atoms with Crippen LogP contribution in [-0.2, 0) is 19.6 Å². The minimum absolute atomic E-state index is 0.0658. The topological polar surface area (TPSA) is 96.3 Å². The average molecular weight is 296 g/mol. The molecule has 0 saturated heterocycles. The van der Waals surface area contributed by atoms with Crippen LogP contribution < -0.4 is 4.72 Å². The van der Waals surface area contributed by atoms with Crippen molar-refractivity contribution < 1.29 is 17.9 Å². The Hall–Kier alpha value is -1.91. The van der Waals surface area contributed by atoms with Crippen molar-refractivity contribution in [2.45, 2.75) is 37.8 Å². The fourth-order valence-electron chi connectivity index (χ4n) is 1.37. The number of carbonyl (C=O) groups is 1. The number of nitrogens with zero attached hydrogens (tertiary/aromatic N) is 1. The van der Waals surface area contributed by atoms with Crippen molar-refractivity contribution in [2.75, 3.05) is 0 Å². The Labute approximate surface area is 118 Å². The lowest BCUT2D eigenvalue weighted by Crippen LogP contribution is -2.40. The quantitative estimate of drug-likeness (QED) is 0.821. The number of nitrogens with one attached hydrogen (secondary N) is 1. The van der Waals surface area contributed by atoms with Gasteiger partial charge in [-0.1, -0.05) is 17.7 Å². The van der Waals surface area contributed by atoms with Crippen LogP contribution in [0.4, 0.5) is 0 Å². The number of ether oxygens (including phenoxy) is 1. The highest BCUT2D eigenvalue weighted by molar-refractivity contribution is 7.89. The van der Waals surface area contributed by atoms with Crippen molar-refractivity contribution in [1.29, 1.82) is 5.26 Å². The zero-order chi connectivity index (χ0) is 15.3. The summed E-state index contributed by atoms with van der Waals surface area (Å²) in [4.78, 5) is 11.6. The van der Waals surface area contributed by atoms with Crippen LogP contribution in [0.15, 0.2) is 29.2 Å². The first kappa shape index (κ1) is 16.1. The van der Waals surface area contributed by atoms with Gasteiger partial charge in [-0.15, -0.1) is 0 Å². The molecular weight excluding hydrogens is 280 g/mol. The van der Waals surface area contributed by atoms with Crippen molar-refractivity contribution in [3.63, 3.8) is 0 Å². The van der Waals surface area contributed by atoms with E-state index in [1.54, 1.807) is 18.2 Å². The third-order valence-corrected chi connectivity index (χ3v) is 4.05. The lowest BCUT2D eigenvalue weighted by molar-refractivity contribution is -0.147. The van der Waals surface area contributed by atoms with E-state index in [1.165, 1.54) is 26.0 Å². The summed E-state index contributed by atoms with van der Waals surface area (Å²) >= 11 is 0. The number of benzene rings is 1. The van der Waals surface area contributed by atoms with Crippen molar-refractivity contribution in [3.05, 3.63) is 29.8 Å². The van der Waals surface area contributed by atoms with E-state index in [4.69, 9.17) is 10.00 Å². The second kappa shape index (κ2) is 6.50. The Kier molecular flexibility index (Phi) is 5.25. The number of hydrogen-bond acceptors (Lipinski definition) is 5. The maximum absolute atomic E-state index is 12.0. The number of hydrogen-bond donors (Lipinski definition) is 1. The highest BCUT2D eigenvalue weighted by Crippen LogP contribution is 2.10. The summed E-state index contributed by atoms with van der Waals surface area (Å²) in [6.07, 6.45) is -0.922. The van der Waals surface area contributed by atoms with Gasteiger partial charge < -0.3 is 4.74 Å². The summed E-state index contributed by atoms with van der Waals surface area (Å²) in [6.45, 7) is 4.60. The molecule has 1 rings (SSSR count). The summed E-state index contributed by atoms with van der Waals surface area (Å²) in [7, 11) is -3.80. The molecule has 0 aliphatic heterocycles. The molecule has 0 heterocycles. The van der Waals surface area contributed by atoms with Gasteiger partial charge in [-0.25, -0.2) is 8.42 Å².